The van der Waals surface area contributed by atoms with Crippen molar-refractivity contribution in [2.45, 2.75) is 97.6 Å². The Balaban J connectivity index is 1.56. The minimum Gasteiger partial charge on any atom is -0.342 e. The molecule has 4 rings (SSSR count). The van der Waals surface area contributed by atoms with E-state index >= 15 is 0 Å². The van der Waals surface area contributed by atoms with Gasteiger partial charge in [-0.1, -0.05) is 34.1 Å². The molecule has 0 radical (unpaired) electrons. The van der Waals surface area contributed by atoms with E-state index in [1.807, 2.05) is 0 Å². The lowest BCUT2D eigenvalue weighted by Gasteiger charge is -2.63. The highest BCUT2D eigenvalue weighted by molar-refractivity contribution is 5.77. The summed E-state index contributed by atoms with van der Waals surface area (Å²) in [5.41, 5.74) is 0.883. The van der Waals surface area contributed by atoms with Crippen LogP contribution in [0.3, 0.4) is 0 Å². The first-order valence-corrected chi connectivity index (χ1v) is 11.8. The Morgan fingerprint density at radius 1 is 1.19 bits per heavy atom. The molecule has 0 spiro atoms. The molecule has 6 unspecified atom stereocenters. The maximum Gasteiger partial charge on any atom is 0.222 e. The molecule has 27 heavy (non-hydrogen) atoms. The third kappa shape index (κ3) is 3.07. The van der Waals surface area contributed by atoms with Gasteiger partial charge in [0.05, 0.1) is 0 Å². The molecular weight excluding hydrogens is 332 g/mol. The molecule has 0 aromatic rings. The van der Waals surface area contributed by atoms with Crippen molar-refractivity contribution in [3.05, 3.63) is 0 Å². The number of hydrogen-bond acceptors (Lipinski definition) is 2. The third-order valence-corrected chi connectivity index (χ3v) is 9.66. The third-order valence-electron chi connectivity index (χ3n) is 9.66. The van der Waals surface area contributed by atoms with Crippen LogP contribution in [-0.4, -0.2) is 36.5 Å². The van der Waals surface area contributed by atoms with E-state index in [4.69, 9.17) is 0 Å². The van der Waals surface area contributed by atoms with E-state index in [1.165, 1.54) is 51.5 Å². The fourth-order valence-electron chi connectivity index (χ4n) is 8.16. The molecule has 0 bridgehead atoms. The van der Waals surface area contributed by atoms with Gasteiger partial charge in [0.1, 0.15) is 0 Å². The summed E-state index contributed by atoms with van der Waals surface area (Å²) in [6.45, 7) is 11.1. The number of piperidine rings is 1. The van der Waals surface area contributed by atoms with Gasteiger partial charge >= 0.3 is 0 Å². The van der Waals surface area contributed by atoms with Crippen molar-refractivity contribution in [1.29, 1.82) is 0 Å². The van der Waals surface area contributed by atoms with E-state index in [9.17, 15) is 4.79 Å². The topological polar surface area (TPSA) is 32.3 Å². The van der Waals surface area contributed by atoms with Crippen LogP contribution < -0.4 is 5.32 Å². The summed E-state index contributed by atoms with van der Waals surface area (Å²) < 4.78 is 0. The Hall–Kier alpha value is -0.570. The molecule has 4 aliphatic rings. The van der Waals surface area contributed by atoms with Crippen LogP contribution in [0.25, 0.3) is 0 Å². The number of hydrogen-bond donors (Lipinski definition) is 1. The number of carbonyl (C=O) groups is 1. The predicted octanol–water partition coefficient (Wildman–Crippen LogP) is 4.85. The molecule has 3 aliphatic carbocycles. The minimum absolute atomic E-state index is 0.342. The van der Waals surface area contributed by atoms with Crippen molar-refractivity contribution in [2.75, 3.05) is 13.6 Å². The van der Waals surface area contributed by atoms with Crippen molar-refractivity contribution in [3.8, 4) is 0 Å². The smallest absolute Gasteiger partial charge is 0.222 e. The summed E-state index contributed by atoms with van der Waals surface area (Å²) in [5, 5.41) is 3.90. The van der Waals surface area contributed by atoms with Gasteiger partial charge < -0.3 is 10.2 Å². The van der Waals surface area contributed by atoms with Crippen molar-refractivity contribution >= 4 is 5.91 Å². The highest BCUT2D eigenvalue weighted by atomic mass is 16.2. The Bertz CT molecular complexity index is 577. The molecule has 1 aliphatic heterocycles. The van der Waals surface area contributed by atoms with Crippen molar-refractivity contribution in [2.24, 2.45) is 34.5 Å². The normalized spacial score (nSPS) is 49.5. The Labute approximate surface area is 167 Å². The number of amides is 1. The second kappa shape index (κ2) is 7.04. The maximum atomic E-state index is 12.4. The zero-order chi connectivity index (χ0) is 19.4. The molecule has 3 heteroatoms. The summed E-state index contributed by atoms with van der Waals surface area (Å²) >= 11 is 0. The lowest BCUT2D eigenvalue weighted by Crippen LogP contribution is -2.62. The van der Waals surface area contributed by atoms with Crippen LogP contribution in [-0.2, 0) is 4.79 Å². The molecule has 1 amide bonds. The van der Waals surface area contributed by atoms with Crippen molar-refractivity contribution in [3.63, 3.8) is 0 Å². The second-order valence-electron chi connectivity index (χ2n) is 11.2. The predicted molar refractivity (Wildman–Crippen MR) is 111 cm³/mol. The molecule has 1 heterocycles. The van der Waals surface area contributed by atoms with Gasteiger partial charge in [-0.25, -0.2) is 0 Å². The van der Waals surface area contributed by atoms with Crippen molar-refractivity contribution in [1.82, 2.24) is 10.2 Å². The number of fused-ring (bicyclic) bond motifs is 5. The molecule has 3 nitrogen and oxygen atoms in total. The van der Waals surface area contributed by atoms with Gasteiger partial charge in [0, 0.05) is 25.6 Å². The van der Waals surface area contributed by atoms with E-state index < -0.39 is 0 Å². The van der Waals surface area contributed by atoms with Crippen LogP contribution in [0.1, 0.15) is 85.5 Å². The van der Waals surface area contributed by atoms with Gasteiger partial charge in [-0.2, -0.15) is 0 Å². The lowest BCUT2D eigenvalue weighted by atomic mass is 9.45. The fraction of sp³-hybridized carbons (Fsp3) is 0.958. The molecule has 0 aromatic heterocycles. The minimum atomic E-state index is 0.342. The number of nitrogens with zero attached hydrogens (tertiary/aromatic N) is 1. The van der Waals surface area contributed by atoms with Crippen LogP contribution in [0.15, 0.2) is 0 Å². The zero-order valence-electron chi connectivity index (χ0n) is 18.4. The van der Waals surface area contributed by atoms with Crippen LogP contribution in [0, 0.1) is 34.5 Å². The highest BCUT2D eigenvalue weighted by Crippen LogP contribution is 2.65. The summed E-state index contributed by atoms with van der Waals surface area (Å²) in [7, 11) is 2.08. The van der Waals surface area contributed by atoms with Gasteiger partial charge in [0.2, 0.25) is 5.91 Å². The van der Waals surface area contributed by atoms with E-state index in [0.29, 0.717) is 22.8 Å². The van der Waals surface area contributed by atoms with Gasteiger partial charge in [-0.15, -0.1) is 0 Å². The first-order valence-electron chi connectivity index (χ1n) is 11.8. The number of carbonyl (C=O) groups excluding carboxylic acids is 1. The summed E-state index contributed by atoms with van der Waals surface area (Å²) in [6.07, 6.45) is 11.3. The number of likely N-dealkylation sites (tertiary alicyclic amines) is 1. The Kier molecular flexibility index (Phi) is 5.15. The average Bonchev–Trinajstić information content (AvgIpc) is 2.97. The molecule has 1 N–H and O–H groups in total. The molecule has 0 aromatic carbocycles. The first kappa shape index (κ1) is 19.7. The SMILES string of the molecule is CCCCN[C@H]1CC2C3C(C)CC4N(C)C(=O)CCC4(C)C3CC[C@]2(C)C1. The van der Waals surface area contributed by atoms with Crippen LogP contribution in [0.2, 0.25) is 0 Å². The zero-order valence-corrected chi connectivity index (χ0v) is 18.4. The van der Waals surface area contributed by atoms with Gasteiger partial charge in [0.25, 0.3) is 0 Å². The summed E-state index contributed by atoms with van der Waals surface area (Å²) in [6, 6.07) is 1.21. The quantitative estimate of drug-likeness (QED) is 0.713. The molecule has 1 saturated heterocycles. The summed E-state index contributed by atoms with van der Waals surface area (Å²) in [5.74, 6) is 3.69. The molecule has 3 saturated carbocycles. The van der Waals surface area contributed by atoms with E-state index in [0.717, 1.165) is 42.6 Å². The van der Waals surface area contributed by atoms with Gasteiger partial charge in [-0.05, 0) is 86.0 Å². The molecule has 4 fully saturated rings. The van der Waals surface area contributed by atoms with Gasteiger partial charge in [0.15, 0.2) is 0 Å². The molecular formula is C24H42N2O. The average molecular weight is 375 g/mol. The second-order valence-corrected chi connectivity index (χ2v) is 11.2. The monoisotopic (exact) mass is 374 g/mol. The fourth-order valence-corrected chi connectivity index (χ4v) is 8.16. The van der Waals surface area contributed by atoms with Crippen LogP contribution in [0.5, 0.6) is 0 Å². The van der Waals surface area contributed by atoms with Crippen LogP contribution >= 0.6 is 0 Å². The molecule has 154 valence electrons. The number of rotatable bonds is 4. The highest BCUT2D eigenvalue weighted by Gasteiger charge is 2.61. The summed E-state index contributed by atoms with van der Waals surface area (Å²) in [4.78, 5) is 14.5. The number of unbranched alkanes of at least 4 members (excludes halogenated alkanes) is 1. The Morgan fingerprint density at radius 2 is 1.96 bits per heavy atom. The maximum absolute atomic E-state index is 12.4. The van der Waals surface area contributed by atoms with E-state index in [2.05, 4.69) is 45.0 Å². The van der Waals surface area contributed by atoms with Crippen molar-refractivity contribution < 1.29 is 4.79 Å². The number of nitrogens with one attached hydrogen (secondary N) is 1. The van der Waals surface area contributed by atoms with E-state index in [1.54, 1.807) is 0 Å². The largest absolute Gasteiger partial charge is 0.342 e. The first-order chi connectivity index (χ1) is 12.8. The Morgan fingerprint density at radius 3 is 2.70 bits per heavy atom. The standard InChI is InChI=1S/C24H42N2O/c1-6-7-12-25-17-14-19-22-16(2)13-20-24(4,11-9-21(27)26(20)5)18(22)8-10-23(19,3)15-17/h16-20,22,25H,6-15H2,1-5H3/t16?,17-,18?,19?,20?,22?,23+,24?/m0/s1. The van der Waals surface area contributed by atoms with E-state index in [-0.39, 0.29) is 0 Å². The lowest BCUT2D eigenvalue weighted by molar-refractivity contribution is -0.164. The molecule has 8 atom stereocenters. The van der Waals surface area contributed by atoms with Gasteiger partial charge in [-0.3, -0.25) is 4.79 Å². The van der Waals surface area contributed by atoms with Crippen LogP contribution in [0.4, 0.5) is 0 Å².